The number of pyridine rings is 1. The Bertz CT molecular complexity index is 317. The molecule has 1 aliphatic heterocycles. The van der Waals surface area contributed by atoms with Gasteiger partial charge in [-0.2, -0.15) is 0 Å². The van der Waals surface area contributed by atoms with E-state index in [-0.39, 0.29) is 6.10 Å². The van der Waals surface area contributed by atoms with E-state index in [1.165, 1.54) is 0 Å². The summed E-state index contributed by atoms with van der Waals surface area (Å²) < 4.78 is 5.30. The van der Waals surface area contributed by atoms with E-state index in [9.17, 15) is 5.11 Å². The van der Waals surface area contributed by atoms with Gasteiger partial charge in [0.15, 0.2) is 0 Å². The minimum Gasteiger partial charge on any atom is -0.388 e. The first-order chi connectivity index (χ1) is 6.88. The molecule has 0 aromatic carbocycles. The molecule has 0 bridgehead atoms. The summed E-state index contributed by atoms with van der Waals surface area (Å²) in [5.41, 5.74) is 0.937. The highest BCUT2D eigenvalue weighted by molar-refractivity contribution is 5.18. The summed E-state index contributed by atoms with van der Waals surface area (Å²) in [7, 11) is 0. The van der Waals surface area contributed by atoms with Gasteiger partial charge in [-0.25, -0.2) is 0 Å². The molecule has 3 nitrogen and oxygen atoms in total. The van der Waals surface area contributed by atoms with Crippen LogP contribution in [0, 0.1) is 17.8 Å². The molecule has 1 aromatic rings. The van der Waals surface area contributed by atoms with E-state index in [4.69, 9.17) is 4.74 Å². The lowest BCUT2D eigenvalue weighted by Gasteiger charge is -2.12. The lowest BCUT2D eigenvalue weighted by atomic mass is 10.1. The summed E-state index contributed by atoms with van der Waals surface area (Å²) in [6, 6.07) is 3.81. The number of rotatable bonds is 2. The Balaban J connectivity index is 1.75. The van der Waals surface area contributed by atoms with Crippen LogP contribution in [0.5, 0.6) is 0 Å². The molecule has 1 aliphatic carbocycles. The van der Waals surface area contributed by atoms with Crippen molar-refractivity contribution >= 4 is 0 Å². The van der Waals surface area contributed by atoms with Crippen LogP contribution in [0.25, 0.3) is 0 Å². The second-order valence-corrected chi connectivity index (χ2v) is 4.17. The van der Waals surface area contributed by atoms with Crippen molar-refractivity contribution in [2.75, 3.05) is 13.2 Å². The summed E-state index contributed by atoms with van der Waals surface area (Å²) >= 11 is 0. The highest BCUT2D eigenvalue weighted by Crippen LogP contribution is 2.56. The molecule has 1 saturated heterocycles. The third-order valence-corrected chi connectivity index (χ3v) is 3.41. The SMILES string of the molecule is OC(c1cccnc1)C1C2COCC21. The van der Waals surface area contributed by atoms with Gasteiger partial charge in [0.05, 0.1) is 19.3 Å². The summed E-state index contributed by atoms with van der Waals surface area (Å²) in [5.74, 6) is 1.59. The molecular weight excluding hydrogens is 178 g/mol. The minimum absolute atomic E-state index is 0.345. The number of aliphatic hydroxyl groups excluding tert-OH is 1. The fourth-order valence-corrected chi connectivity index (χ4v) is 2.53. The molecule has 3 rings (SSSR count). The van der Waals surface area contributed by atoms with Crippen molar-refractivity contribution in [3.63, 3.8) is 0 Å². The maximum absolute atomic E-state index is 10.1. The Kier molecular flexibility index (Phi) is 1.82. The Morgan fingerprint density at radius 2 is 2.21 bits per heavy atom. The van der Waals surface area contributed by atoms with Gasteiger partial charge in [-0.1, -0.05) is 6.07 Å². The molecule has 0 amide bonds. The van der Waals surface area contributed by atoms with Crippen LogP contribution in [0.2, 0.25) is 0 Å². The van der Waals surface area contributed by atoms with Crippen molar-refractivity contribution in [2.45, 2.75) is 6.10 Å². The highest BCUT2D eigenvalue weighted by atomic mass is 16.5. The van der Waals surface area contributed by atoms with Gasteiger partial charge in [-0.3, -0.25) is 4.98 Å². The maximum Gasteiger partial charge on any atom is 0.0840 e. The number of aromatic nitrogens is 1. The zero-order chi connectivity index (χ0) is 9.54. The lowest BCUT2D eigenvalue weighted by molar-refractivity contribution is 0.0884. The van der Waals surface area contributed by atoms with Crippen molar-refractivity contribution in [3.8, 4) is 0 Å². The molecule has 0 spiro atoms. The first-order valence-corrected chi connectivity index (χ1v) is 5.03. The van der Waals surface area contributed by atoms with Gasteiger partial charge in [0.1, 0.15) is 0 Å². The van der Waals surface area contributed by atoms with Crippen LogP contribution < -0.4 is 0 Å². The van der Waals surface area contributed by atoms with E-state index in [0.29, 0.717) is 17.8 Å². The van der Waals surface area contributed by atoms with Gasteiger partial charge in [0.25, 0.3) is 0 Å². The van der Waals surface area contributed by atoms with Crippen LogP contribution in [0.15, 0.2) is 24.5 Å². The molecule has 3 unspecified atom stereocenters. The van der Waals surface area contributed by atoms with Crippen LogP contribution >= 0.6 is 0 Å². The fraction of sp³-hybridized carbons (Fsp3) is 0.545. The monoisotopic (exact) mass is 191 g/mol. The maximum atomic E-state index is 10.1. The van der Waals surface area contributed by atoms with Crippen molar-refractivity contribution in [1.29, 1.82) is 0 Å². The van der Waals surface area contributed by atoms with E-state index in [0.717, 1.165) is 18.8 Å². The Labute approximate surface area is 82.7 Å². The number of hydrogen-bond acceptors (Lipinski definition) is 3. The molecule has 14 heavy (non-hydrogen) atoms. The second kappa shape index (κ2) is 3.04. The summed E-state index contributed by atoms with van der Waals surface area (Å²) in [5, 5.41) is 10.1. The van der Waals surface area contributed by atoms with Crippen LogP contribution in [0.1, 0.15) is 11.7 Å². The van der Waals surface area contributed by atoms with Gasteiger partial charge in [0.2, 0.25) is 0 Å². The molecule has 1 aromatic heterocycles. The van der Waals surface area contributed by atoms with Gasteiger partial charge in [-0.15, -0.1) is 0 Å². The van der Waals surface area contributed by atoms with Gasteiger partial charge in [0, 0.05) is 12.4 Å². The predicted octanol–water partition coefficient (Wildman–Crippen LogP) is 1.01. The van der Waals surface area contributed by atoms with Crippen LogP contribution in [0.3, 0.4) is 0 Å². The summed E-state index contributed by atoms with van der Waals surface area (Å²) in [4.78, 5) is 4.02. The Morgan fingerprint density at radius 1 is 1.43 bits per heavy atom. The van der Waals surface area contributed by atoms with Gasteiger partial charge >= 0.3 is 0 Å². The van der Waals surface area contributed by atoms with Crippen LogP contribution in [-0.4, -0.2) is 23.3 Å². The third kappa shape index (κ3) is 1.16. The van der Waals surface area contributed by atoms with Gasteiger partial charge < -0.3 is 9.84 Å². The highest BCUT2D eigenvalue weighted by Gasteiger charge is 2.57. The van der Waals surface area contributed by atoms with Crippen LogP contribution in [0.4, 0.5) is 0 Å². The Hall–Kier alpha value is -0.930. The van der Waals surface area contributed by atoms with Crippen LogP contribution in [-0.2, 0) is 4.74 Å². The Morgan fingerprint density at radius 3 is 2.86 bits per heavy atom. The molecule has 0 radical (unpaired) electrons. The van der Waals surface area contributed by atoms with Gasteiger partial charge in [-0.05, 0) is 29.4 Å². The van der Waals surface area contributed by atoms with Crippen molar-refractivity contribution in [3.05, 3.63) is 30.1 Å². The molecule has 1 N–H and O–H groups in total. The fourth-order valence-electron chi connectivity index (χ4n) is 2.53. The van der Waals surface area contributed by atoms with Crippen molar-refractivity contribution < 1.29 is 9.84 Å². The zero-order valence-electron chi connectivity index (χ0n) is 7.84. The average molecular weight is 191 g/mol. The zero-order valence-corrected chi connectivity index (χ0v) is 7.84. The third-order valence-electron chi connectivity index (χ3n) is 3.41. The number of fused-ring (bicyclic) bond motifs is 1. The molecule has 2 aliphatic rings. The van der Waals surface area contributed by atoms with Crippen molar-refractivity contribution in [1.82, 2.24) is 4.98 Å². The standard InChI is InChI=1S/C11H13NO2/c13-11(7-2-1-3-12-4-7)10-8-5-14-6-9(8)10/h1-4,8-11,13H,5-6H2. The van der Waals surface area contributed by atoms with E-state index in [1.807, 2.05) is 12.1 Å². The summed E-state index contributed by atoms with van der Waals surface area (Å²) in [6.45, 7) is 1.65. The first kappa shape index (κ1) is 8.38. The van der Waals surface area contributed by atoms with Crippen molar-refractivity contribution in [2.24, 2.45) is 17.8 Å². The number of aliphatic hydroxyl groups is 1. The predicted molar refractivity (Wildman–Crippen MR) is 50.5 cm³/mol. The minimum atomic E-state index is -0.345. The van der Waals surface area contributed by atoms with E-state index < -0.39 is 0 Å². The normalized spacial score (nSPS) is 36.5. The van der Waals surface area contributed by atoms with E-state index in [2.05, 4.69) is 4.98 Å². The molecule has 2 fully saturated rings. The second-order valence-electron chi connectivity index (χ2n) is 4.17. The number of hydrogen-bond donors (Lipinski definition) is 1. The molecule has 2 heterocycles. The average Bonchev–Trinajstić information content (AvgIpc) is 2.72. The molecule has 3 heteroatoms. The largest absolute Gasteiger partial charge is 0.388 e. The number of nitrogens with zero attached hydrogens (tertiary/aromatic N) is 1. The molecule has 1 saturated carbocycles. The quantitative estimate of drug-likeness (QED) is 0.758. The first-order valence-electron chi connectivity index (χ1n) is 5.03. The molecular formula is C11H13NO2. The summed E-state index contributed by atoms with van der Waals surface area (Å²) in [6.07, 6.45) is 3.13. The topological polar surface area (TPSA) is 42.4 Å². The molecule has 3 atom stereocenters. The smallest absolute Gasteiger partial charge is 0.0840 e. The van der Waals surface area contributed by atoms with E-state index >= 15 is 0 Å². The van der Waals surface area contributed by atoms with E-state index in [1.54, 1.807) is 12.4 Å². The molecule has 74 valence electrons. The number of ether oxygens (including phenoxy) is 1. The lowest BCUT2D eigenvalue weighted by Crippen LogP contribution is -2.08.